The van der Waals surface area contributed by atoms with Crippen molar-refractivity contribution in [2.24, 2.45) is 4.99 Å². The summed E-state index contributed by atoms with van der Waals surface area (Å²) in [4.78, 5) is 4.08. The van der Waals surface area contributed by atoms with Crippen molar-refractivity contribution in [3.8, 4) is 0 Å². The van der Waals surface area contributed by atoms with Crippen LogP contribution in [0.15, 0.2) is 51.9 Å². The van der Waals surface area contributed by atoms with Gasteiger partial charge in [-0.3, -0.25) is 4.99 Å². The molecule has 0 amide bonds. The van der Waals surface area contributed by atoms with Crippen LogP contribution in [0.1, 0.15) is 11.1 Å². The van der Waals surface area contributed by atoms with Gasteiger partial charge in [-0.15, -0.1) is 24.0 Å². The molecule has 2 N–H and O–H groups in total. The summed E-state index contributed by atoms with van der Waals surface area (Å²) in [6.07, 6.45) is 0. The average molecular weight is 496 g/mol. The van der Waals surface area contributed by atoms with Crippen LogP contribution in [-0.2, 0) is 13.1 Å². The summed E-state index contributed by atoms with van der Waals surface area (Å²) in [6, 6.07) is 10.9. The van der Waals surface area contributed by atoms with Crippen LogP contribution in [0.2, 0.25) is 0 Å². The van der Waals surface area contributed by atoms with Crippen molar-refractivity contribution in [3.05, 3.63) is 69.7 Å². The maximum absolute atomic E-state index is 13.2. The van der Waals surface area contributed by atoms with Gasteiger partial charge in [-0.2, -0.15) is 0 Å². The molecule has 0 aliphatic carbocycles. The third kappa shape index (κ3) is 6.42. The molecule has 0 fully saturated rings. The summed E-state index contributed by atoms with van der Waals surface area (Å²) >= 11 is 3.38. The maximum Gasteiger partial charge on any atom is 0.191 e. The standard InChI is InChI=1S/C16H16BrF2N3.HI/c1-20-16(21-9-11-3-2-4-13(18)7-11)22-10-12-8-14(19)5-6-15(12)17;/h2-8H,9-10H2,1H3,(H2,20,21,22);1H. The number of nitrogens with zero attached hydrogens (tertiary/aromatic N) is 1. The van der Waals surface area contributed by atoms with Gasteiger partial charge in [0.1, 0.15) is 11.6 Å². The number of benzene rings is 2. The van der Waals surface area contributed by atoms with E-state index >= 15 is 0 Å². The van der Waals surface area contributed by atoms with E-state index in [1.54, 1.807) is 19.2 Å². The van der Waals surface area contributed by atoms with Crippen LogP contribution in [0.4, 0.5) is 8.78 Å². The molecule has 2 aromatic carbocycles. The second-order valence-electron chi connectivity index (χ2n) is 4.64. The second kappa shape index (κ2) is 9.82. The summed E-state index contributed by atoms with van der Waals surface area (Å²) in [6.45, 7) is 0.864. The number of halogens is 4. The molecule has 0 spiro atoms. The van der Waals surface area contributed by atoms with Crippen molar-refractivity contribution in [1.29, 1.82) is 0 Å². The molecule has 0 saturated heterocycles. The molecule has 2 aromatic rings. The smallest absolute Gasteiger partial charge is 0.191 e. The molecule has 0 unspecified atom stereocenters. The van der Waals surface area contributed by atoms with Crippen molar-refractivity contribution >= 4 is 45.9 Å². The Bertz CT molecular complexity index is 680. The Labute approximate surface area is 159 Å². The molecular weight excluding hydrogens is 479 g/mol. The molecule has 0 aliphatic heterocycles. The molecule has 0 bridgehead atoms. The lowest BCUT2D eigenvalue weighted by Crippen LogP contribution is -2.36. The van der Waals surface area contributed by atoms with Gasteiger partial charge in [-0.25, -0.2) is 8.78 Å². The fraction of sp³-hybridized carbons (Fsp3) is 0.188. The van der Waals surface area contributed by atoms with E-state index in [1.165, 1.54) is 24.3 Å². The number of rotatable bonds is 4. The highest BCUT2D eigenvalue weighted by atomic mass is 127. The molecule has 0 heterocycles. The molecule has 23 heavy (non-hydrogen) atoms. The number of hydrogen-bond acceptors (Lipinski definition) is 1. The Morgan fingerprint density at radius 3 is 2.43 bits per heavy atom. The SMILES string of the molecule is CN=C(NCc1cccc(F)c1)NCc1cc(F)ccc1Br.I. The molecule has 7 heteroatoms. The van der Waals surface area contributed by atoms with E-state index in [0.717, 1.165) is 15.6 Å². The van der Waals surface area contributed by atoms with Gasteiger partial charge in [-0.1, -0.05) is 28.1 Å². The van der Waals surface area contributed by atoms with Crippen LogP contribution in [-0.4, -0.2) is 13.0 Å². The Morgan fingerprint density at radius 2 is 1.74 bits per heavy atom. The fourth-order valence-electron chi connectivity index (χ4n) is 1.91. The Balaban J connectivity index is 0.00000264. The molecule has 0 atom stereocenters. The number of hydrogen-bond donors (Lipinski definition) is 2. The summed E-state index contributed by atoms with van der Waals surface area (Å²) in [5, 5.41) is 6.17. The minimum absolute atomic E-state index is 0. The Hall–Kier alpha value is -1.22. The van der Waals surface area contributed by atoms with Gasteiger partial charge in [0.25, 0.3) is 0 Å². The summed E-state index contributed by atoms with van der Waals surface area (Å²) in [5.74, 6) is -0.00549. The largest absolute Gasteiger partial charge is 0.352 e. The summed E-state index contributed by atoms with van der Waals surface area (Å²) in [7, 11) is 1.64. The lowest BCUT2D eigenvalue weighted by molar-refractivity contribution is 0.623. The zero-order valence-electron chi connectivity index (χ0n) is 12.4. The highest BCUT2D eigenvalue weighted by Gasteiger charge is 2.04. The minimum Gasteiger partial charge on any atom is -0.352 e. The average Bonchev–Trinajstić information content (AvgIpc) is 2.51. The van der Waals surface area contributed by atoms with Crippen LogP contribution >= 0.6 is 39.9 Å². The molecule has 124 valence electrons. The van der Waals surface area contributed by atoms with Gasteiger partial charge in [0.2, 0.25) is 0 Å². The van der Waals surface area contributed by atoms with Gasteiger partial charge >= 0.3 is 0 Å². The van der Waals surface area contributed by atoms with Crippen LogP contribution in [0, 0.1) is 11.6 Å². The first kappa shape index (κ1) is 19.8. The van der Waals surface area contributed by atoms with E-state index in [-0.39, 0.29) is 35.6 Å². The third-order valence-electron chi connectivity index (χ3n) is 3.03. The van der Waals surface area contributed by atoms with Crippen LogP contribution in [0.3, 0.4) is 0 Å². The second-order valence-corrected chi connectivity index (χ2v) is 5.50. The van der Waals surface area contributed by atoms with Crippen LogP contribution in [0.25, 0.3) is 0 Å². The van der Waals surface area contributed by atoms with Crippen molar-refractivity contribution in [2.45, 2.75) is 13.1 Å². The number of guanidine groups is 1. The van der Waals surface area contributed by atoms with Crippen LogP contribution in [0.5, 0.6) is 0 Å². The van der Waals surface area contributed by atoms with E-state index in [4.69, 9.17) is 0 Å². The Kier molecular flexibility index (Phi) is 8.46. The molecule has 0 radical (unpaired) electrons. The van der Waals surface area contributed by atoms with Gasteiger partial charge in [0.05, 0.1) is 0 Å². The van der Waals surface area contributed by atoms with Crippen molar-refractivity contribution in [3.63, 3.8) is 0 Å². The quantitative estimate of drug-likeness (QED) is 0.378. The molecule has 0 aromatic heterocycles. The first-order valence-corrected chi connectivity index (χ1v) is 7.50. The molecule has 0 saturated carbocycles. The monoisotopic (exact) mass is 495 g/mol. The predicted molar refractivity (Wildman–Crippen MR) is 103 cm³/mol. The van der Waals surface area contributed by atoms with E-state index in [0.29, 0.717) is 19.0 Å². The predicted octanol–water partition coefficient (Wildman–Crippen LogP) is 4.21. The lowest BCUT2D eigenvalue weighted by atomic mass is 10.2. The van der Waals surface area contributed by atoms with E-state index < -0.39 is 0 Å². The highest BCUT2D eigenvalue weighted by molar-refractivity contribution is 14.0. The molecule has 3 nitrogen and oxygen atoms in total. The van der Waals surface area contributed by atoms with Crippen molar-refractivity contribution in [2.75, 3.05) is 7.05 Å². The first-order valence-electron chi connectivity index (χ1n) is 6.71. The van der Waals surface area contributed by atoms with Crippen LogP contribution < -0.4 is 10.6 Å². The van der Waals surface area contributed by atoms with E-state index in [9.17, 15) is 8.78 Å². The fourth-order valence-corrected chi connectivity index (χ4v) is 2.30. The van der Waals surface area contributed by atoms with Gasteiger partial charge < -0.3 is 10.6 Å². The lowest BCUT2D eigenvalue weighted by Gasteiger charge is -2.13. The molecule has 0 aliphatic rings. The van der Waals surface area contributed by atoms with Crippen molar-refractivity contribution < 1.29 is 8.78 Å². The summed E-state index contributed by atoms with van der Waals surface area (Å²) in [5.41, 5.74) is 1.60. The maximum atomic E-state index is 13.2. The van der Waals surface area contributed by atoms with Gasteiger partial charge in [0, 0.05) is 24.6 Å². The van der Waals surface area contributed by atoms with Gasteiger partial charge in [0.15, 0.2) is 5.96 Å². The first-order chi connectivity index (χ1) is 10.6. The molecular formula is C16H17BrF2IN3. The van der Waals surface area contributed by atoms with E-state index in [1.807, 2.05) is 6.07 Å². The Morgan fingerprint density at radius 1 is 1.04 bits per heavy atom. The van der Waals surface area contributed by atoms with Gasteiger partial charge in [-0.05, 0) is 41.5 Å². The van der Waals surface area contributed by atoms with E-state index in [2.05, 4.69) is 31.6 Å². The highest BCUT2D eigenvalue weighted by Crippen LogP contribution is 2.17. The summed E-state index contributed by atoms with van der Waals surface area (Å²) < 4.78 is 27.2. The zero-order chi connectivity index (χ0) is 15.9. The minimum atomic E-state index is -0.289. The third-order valence-corrected chi connectivity index (χ3v) is 3.80. The molecule has 2 rings (SSSR count). The topological polar surface area (TPSA) is 36.4 Å². The van der Waals surface area contributed by atoms with Crippen molar-refractivity contribution in [1.82, 2.24) is 10.6 Å². The zero-order valence-corrected chi connectivity index (χ0v) is 16.4. The normalized spacial score (nSPS) is 10.9. The number of aliphatic imine (C=N–C) groups is 1. The number of nitrogens with one attached hydrogen (secondary N) is 2.